The molecule has 2 atom stereocenters. The molecule has 0 aromatic carbocycles. The highest BCUT2D eigenvalue weighted by atomic mass is 32.2. The Morgan fingerprint density at radius 1 is 1.38 bits per heavy atom. The molecular weight excluding hydrogens is 234 g/mol. The molecule has 0 saturated carbocycles. The third-order valence-electron chi connectivity index (χ3n) is 2.63. The van der Waals surface area contributed by atoms with E-state index in [0.29, 0.717) is 5.25 Å². The molecule has 0 fully saturated rings. The van der Waals surface area contributed by atoms with Crippen molar-refractivity contribution < 1.29 is 0 Å². The molecule has 2 unspecified atom stereocenters. The maximum Gasteiger partial charge on any atom is 0.0542 e. The largest absolute Gasteiger partial charge is 0.327 e. The molecule has 0 spiro atoms. The van der Waals surface area contributed by atoms with Gasteiger partial charge in [-0.3, -0.25) is 0 Å². The second-order valence-electron chi connectivity index (χ2n) is 4.80. The van der Waals surface area contributed by atoms with Crippen molar-refractivity contribution in [3.05, 3.63) is 21.9 Å². The minimum atomic E-state index is 0.231. The summed E-state index contributed by atoms with van der Waals surface area (Å²) in [6.45, 7) is 8.85. The number of aryl methyl sites for hydroxylation is 1. The van der Waals surface area contributed by atoms with Crippen LogP contribution in [-0.4, -0.2) is 11.8 Å². The van der Waals surface area contributed by atoms with Gasteiger partial charge >= 0.3 is 0 Å². The molecule has 0 amide bonds. The summed E-state index contributed by atoms with van der Waals surface area (Å²) < 4.78 is 0. The second-order valence-corrected chi connectivity index (χ2v) is 7.00. The molecule has 0 radical (unpaired) electrons. The quantitative estimate of drug-likeness (QED) is 0.825. The molecule has 1 nitrogen and oxygen atoms in total. The van der Waals surface area contributed by atoms with E-state index in [4.69, 9.17) is 5.73 Å². The third-order valence-corrected chi connectivity index (χ3v) is 5.38. The molecule has 1 aromatic heterocycles. The molecule has 16 heavy (non-hydrogen) atoms. The average molecular weight is 257 g/mol. The lowest BCUT2D eigenvalue weighted by Gasteiger charge is -2.20. The van der Waals surface area contributed by atoms with Gasteiger partial charge in [-0.1, -0.05) is 13.8 Å². The Morgan fingerprint density at radius 3 is 2.50 bits per heavy atom. The summed E-state index contributed by atoms with van der Waals surface area (Å²) in [7, 11) is 0. The lowest BCUT2D eigenvalue weighted by molar-refractivity contribution is 0.629. The summed E-state index contributed by atoms with van der Waals surface area (Å²) in [4.78, 5) is 1.46. The highest BCUT2D eigenvalue weighted by Crippen LogP contribution is 2.37. The van der Waals surface area contributed by atoms with Gasteiger partial charge in [-0.25, -0.2) is 0 Å². The Bertz CT molecular complexity index is 305. The van der Waals surface area contributed by atoms with Crippen LogP contribution < -0.4 is 5.73 Å². The van der Waals surface area contributed by atoms with Crippen molar-refractivity contribution in [1.82, 2.24) is 0 Å². The summed E-state index contributed by atoms with van der Waals surface area (Å²) in [5.74, 6) is 1.99. The highest BCUT2D eigenvalue weighted by molar-refractivity contribution is 7.99. The summed E-state index contributed by atoms with van der Waals surface area (Å²) in [6, 6.07) is 2.42. The van der Waals surface area contributed by atoms with Gasteiger partial charge in [-0.2, -0.15) is 11.8 Å². The van der Waals surface area contributed by atoms with E-state index in [1.54, 1.807) is 0 Å². The fourth-order valence-corrected chi connectivity index (χ4v) is 4.47. The molecule has 1 rings (SSSR count). The van der Waals surface area contributed by atoms with Crippen molar-refractivity contribution in [3.8, 4) is 0 Å². The van der Waals surface area contributed by atoms with E-state index < -0.39 is 0 Å². The zero-order valence-electron chi connectivity index (χ0n) is 10.7. The number of nitrogens with two attached hydrogens (primary N) is 1. The van der Waals surface area contributed by atoms with Gasteiger partial charge in [0.2, 0.25) is 0 Å². The van der Waals surface area contributed by atoms with Crippen LogP contribution >= 0.6 is 23.1 Å². The maximum atomic E-state index is 6.10. The Morgan fingerprint density at radius 2 is 2.06 bits per heavy atom. The summed E-state index contributed by atoms with van der Waals surface area (Å²) >= 11 is 3.86. The number of hydrogen-bond donors (Lipinski definition) is 1. The molecule has 0 bridgehead atoms. The fourth-order valence-electron chi connectivity index (χ4n) is 1.57. The smallest absolute Gasteiger partial charge is 0.0542 e. The lowest BCUT2D eigenvalue weighted by atomic mass is 10.1. The minimum Gasteiger partial charge on any atom is -0.327 e. The summed E-state index contributed by atoms with van der Waals surface area (Å²) in [6.07, 6.45) is 1.28. The first-order valence-corrected chi connectivity index (χ1v) is 7.86. The van der Waals surface area contributed by atoms with Crippen molar-refractivity contribution in [2.24, 2.45) is 11.7 Å². The van der Waals surface area contributed by atoms with Gasteiger partial charge in [0.25, 0.3) is 0 Å². The number of hydrogen-bond acceptors (Lipinski definition) is 3. The van der Waals surface area contributed by atoms with Crippen molar-refractivity contribution in [2.45, 2.75) is 45.4 Å². The monoisotopic (exact) mass is 257 g/mol. The van der Waals surface area contributed by atoms with Gasteiger partial charge in [0, 0.05) is 10.9 Å². The van der Waals surface area contributed by atoms with Crippen LogP contribution in [0.3, 0.4) is 0 Å². The Balaban J connectivity index is 2.59. The lowest BCUT2D eigenvalue weighted by Crippen LogP contribution is -2.22. The zero-order chi connectivity index (χ0) is 12.1. The molecule has 1 heterocycles. The van der Waals surface area contributed by atoms with Crippen LogP contribution in [0.4, 0.5) is 0 Å². The van der Waals surface area contributed by atoms with Crippen LogP contribution in [0.1, 0.15) is 42.9 Å². The molecule has 0 aliphatic heterocycles. The highest BCUT2D eigenvalue weighted by Gasteiger charge is 2.19. The first kappa shape index (κ1) is 14.1. The van der Waals surface area contributed by atoms with Gasteiger partial charge in [0.1, 0.15) is 0 Å². The van der Waals surface area contributed by atoms with Crippen molar-refractivity contribution in [3.63, 3.8) is 0 Å². The summed E-state index contributed by atoms with van der Waals surface area (Å²) in [5.41, 5.74) is 7.49. The number of thiophene rings is 1. The van der Waals surface area contributed by atoms with Gasteiger partial charge in [-0.05, 0) is 48.9 Å². The van der Waals surface area contributed by atoms with Crippen LogP contribution in [0.2, 0.25) is 0 Å². The molecule has 92 valence electrons. The zero-order valence-corrected chi connectivity index (χ0v) is 12.3. The molecule has 1 aromatic rings. The van der Waals surface area contributed by atoms with Crippen LogP contribution in [0.5, 0.6) is 0 Å². The van der Waals surface area contributed by atoms with Crippen LogP contribution in [0.25, 0.3) is 0 Å². The molecule has 0 aliphatic carbocycles. The average Bonchev–Trinajstić information content (AvgIpc) is 2.58. The summed E-state index contributed by atoms with van der Waals surface area (Å²) in [5, 5.41) is 2.64. The number of rotatable bonds is 6. The first-order valence-electron chi connectivity index (χ1n) is 5.93. The predicted octanol–water partition coefficient (Wildman–Crippen LogP) is 4.22. The van der Waals surface area contributed by atoms with Crippen molar-refractivity contribution in [1.29, 1.82) is 0 Å². The van der Waals surface area contributed by atoms with Gasteiger partial charge in [-0.15, -0.1) is 11.3 Å². The Labute approximate surface area is 108 Å². The third kappa shape index (κ3) is 4.11. The topological polar surface area (TPSA) is 26.0 Å². The van der Waals surface area contributed by atoms with Gasteiger partial charge in [0.15, 0.2) is 0 Å². The first-order chi connectivity index (χ1) is 7.52. The molecule has 0 aliphatic rings. The van der Waals surface area contributed by atoms with E-state index in [2.05, 4.69) is 39.1 Å². The molecule has 2 N–H and O–H groups in total. The number of thioether (sulfide) groups is 1. The second kappa shape index (κ2) is 6.67. The predicted molar refractivity (Wildman–Crippen MR) is 77.4 cm³/mol. The van der Waals surface area contributed by atoms with E-state index >= 15 is 0 Å². The van der Waals surface area contributed by atoms with E-state index in [-0.39, 0.29) is 6.04 Å². The van der Waals surface area contributed by atoms with E-state index in [0.717, 1.165) is 5.92 Å². The Kier molecular flexibility index (Phi) is 5.87. The van der Waals surface area contributed by atoms with Gasteiger partial charge < -0.3 is 5.73 Å². The normalized spacial score (nSPS) is 15.4. The SMILES string of the molecule is Cc1ccsc1C(SCCC(C)C)C(C)N. The van der Waals surface area contributed by atoms with Crippen LogP contribution in [0.15, 0.2) is 11.4 Å². The van der Waals surface area contributed by atoms with Gasteiger partial charge in [0.05, 0.1) is 5.25 Å². The van der Waals surface area contributed by atoms with Crippen LogP contribution in [-0.2, 0) is 0 Å². The maximum absolute atomic E-state index is 6.10. The molecule has 3 heteroatoms. The standard InChI is InChI=1S/C13H23NS2/c1-9(2)5-7-16-13(11(4)14)12-10(3)6-8-15-12/h6,8-9,11,13H,5,7,14H2,1-4H3. The van der Waals surface area contributed by atoms with E-state index in [1.807, 2.05) is 23.1 Å². The minimum absolute atomic E-state index is 0.231. The van der Waals surface area contributed by atoms with Crippen LogP contribution in [0, 0.1) is 12.8 Å². The van der Waals surface area contributed by atoms with Crippen molar-refractivity contribution in [2.75, 3.05) is 5.75 Å². The molecular formula is C13H23NS2. The Hall–Kier alpha value is 0.01000. The van der Waals surface area contributed by atoms with E-state index in [1.165, 1.54) is 22.6 Å². The van der Waals surface area contributed by atoms with E-state index in [9.17, 15) is 0 Å². The fraction of sp³-hybridized carbons (Fsp3) is 0.692. The van der Waals surface area contributed by atoms with Crippen molar-refractivity contribution >= 4 is 23.1 Å². The molecule has 0 saturated heterocycles.